The first kappa shape index (κ1) is 13.8. The van der Waals surface area contributed by atoms with Crippen LogP contribution in [0.2, 0.25) is 0 Å². The second kappa shape index (κ2) is 5.44. The molecule has 0 bridgehead atoms. The Morgan fingerprint density at radius 1 is 1.04 bits per heavy atom. The third-order valence-electron chi connectivity index (χ3n) is 4.66. The third kappa shape index (κ3) is 2.17. The van der Waals surface area contributed by atoms with E-state index in [0.29, 0.717) is 0 Å². The Bertz CT molecular complexity index is 1010. The lowest BCUT2D eigenvalue weighted by Gasteiger charge is -2.11. The highest BCUT2D eigenvalue weighted by molar-refractivity contribution is 6.08. The van der Waals surface area contributed by atoms with Crippen molar-refractivity contribution >= 4 is 27.4 Å². The average molecular weight is 297 g/mol. The molecule has 0 atom stereocenters. The minimum Gasteiger partial charge on any atom is -0.344 e. The van der Waals surface area contributed by atoms with E-state index in [-0.39, 0.29) is 0 Å². The van der Waals surface area contributed by atoms with Crippen LogP contribution in [-0.2, 0) is 7.05 Å². The smallest absolute Gasteiger partial charge is 0.0494 e. The van der Waals surface area contributed by atoms with E-state index in [1.54, 1.807) is 0 Å². The predicted molar refractivity (Wildman–Crippen MR) is 100 cm³/mol. The highest BCUT2D eigenvalue weighted by Crippen LogP contribution is 2.32. The van der Waals surface area contributed by atoms with Crippen molar-refractivity contribution in [2.24, 2.45) is 7.05 Å². The number of fused-ring (bicyclic) bond motifs is 3. The van der Waals surface area contributed by atoms with E-state index in [2.05, 4.69) is 85.0 Å². The molecular weight excluding hydrogens is 278 g/mol. The van der Waals surface area contributed by atoms with Gasteiger partial charge in [0.1, 0.15) is 0 Å². The molecule has 0 amide bonds. The largest absolute Gasteiger partial charge is 0.344 e. The van der Waals surface area contributed by atoms with Gasteiger partial charge in [-0.15, -0.1) is 0 Å². The number of hydrogen-bond acceptors (Lipinski definition) is 0. The van der Waals surface area contributed by atoms with Gasteiger partial charge in [-0.25, -0.2) is 0 Å². The summed E-state index contributed by atoms with van der Waals surface area (Å²) < 4.78 is 2.27. The lowest BCUT2D eigenvalue weighted by Crippen LogP contribution is -1.91. The predicted octanol–water partition coefficient (Wildman–Crippen LogP) is 5.79. The number of benzene rings is 2. The van der Waals surface area contributed by atoms with E-state index >= 15 is 0 Å². The maximum Gasteiger partial charge on any atom is 0.0494 e. The van der Waals surface area contributed by atoms with Crippen LogP contribution in [0.1, 0.15) is 12.0 Å². The van der Waals surface area contributed by atoms with Crippen LogP contribution in [0.4, 0.5) is 0 Å². The Kier molecular flexibility index (Phi) is 3.27. The fourth-order valence-electron chi connectivity index (χ4n) is 3.48. The first-order valence-electron chi connectivity index (χ1n) is 7.96. The average Bonchev–Trinajstić information content (AvgIpc) is 2.90. The van der Waals surface area contributed by atoms with Gasteiger partial charge < -0.3 is 4.57 Å². The molecule has 0 spiro atoms. The SMILES string of the molecule is C=C/C(=C1/C=CC=CC1)c1ccc2c3ccccc3n(C)c2c1. The van der Waals surface area contributed by atoms with E-state index < -0.39 is 0 Å². The fourth-order valence-corrected chi connectivity index (χ4v) is 3.48. The Labute approximate surface area is 136 Å². The van der Waals surface area contributed by atoms with Crippen molar-refractivity contribution in [2.45, 2.75) is 6.42 Å². The highest BCUT2D eigenvalue weighted by Gasteiger charge is 2.10. The Hall–Kier alpha value is -2.80. The fraction of sp³-hybridized carbons (Fsp3) is 0.0909. The summed E-state index contributed by atoms with van der Waals surface area (Å²) in [5.74, 6) is 0. The zero-order chi connectivity index (χ0) is 15.8. The molecule has 1 aliphatic carbocycles. The van der Waals surface area contributed by atoms with Crippen LogP contribution >= 0.6 is 0 Å². The molecule has 0 unspecified atom stereocenters. The molecule has 4 rings (SSSR count). The molecule has 1 aliphatic rings. The van der Waals surface area contributed by atoms with E-state index in [0.717, 1.165) is 6.42 Å². The summed E-state index contributed by atoms with van der Waals surface area (Å²) in [5, 5.41) is 2.61. The molecule has 2 aromatic carbocycles. The van der Waals surface area contributed by atoms with Crippen molar-refractivity contribution in [2.75, 3.05) is 0 Å². The zero-order valence-electron chi connectivity index (χ0n) is 13.3. The number of hydrogen-bond donors (Lipinski definition) is 0. The summed E-state index contributed by atoms with van der Waals surface area (Å²) in [5.41, 5.74) is 6.30. The molecule has 0 saturated carbocycles. The topological polar surface area (TPSA) is 4.93 Å². The molecule has 3 aromatic rings. The van der Waals surface area contributed by atoms with Crippen molar-refractivity contribution in [1.82, 2.24) is 4.57 Å². The third-order valence-corrected chi connectivity index (χ3v) is 4.66. The molecule has 0 aliphatic heterocycles. The van der Waals surface area contributed by atoms with Crippen molar-refractivity contribution in [3.63, 3.8) is 0 Å². The first-order valence-corrected chi connectivity index (χ1v) is 7.96. The van der Waals surface area contributed by atoms with Crippen LogP contribution < -0.4 is 0 Å². The second-order valence-corrected chi connectivity index (χ2v) is 5.94. The Morgan fingerprint density at radius 2 is 1.87 bits per heavy atom. The van der Waals surface area contributed by atoms with Crippen LogP contribution in [0.15, 0.2) is 85.0 Å². The van der Waals surface area contributed by atoms with Gasteiger partial charge in [-0.3, -0.25) is 0 Å². The molecule has 23 heavy (non-hydrogen) atoms. The van der Waals surface area contributed by atoms with Crippen molar-refractivity contribution < 1.29 is 0 Å². The van der Waals surface area contributed by atoms with Crippen LogP contribution in [0.25, 0.3) is 27.4 Å². The summed E-state index contributed by atoms with van der Waals surface area (Å²) in [7, 11) is 2.14. The Morgan fingerprint density at radius 3 is 2.65 bits per heavy atom. The van der Waals surface area contributed by atoms with Crippen molar-refractivity contribution in [3.8, 4) is 0 Å². The van der Waals surface area contributed by atoms with Gasteiger partial charge in [0.05, 0.1) is 0 Å². The van der Waals surface area contributed by atoms with Gasteiger partial charge in [0.25, 0.3) is 0 Å². The number of para-hydroxylation sites is 1. The van der Waals surface area contributed by atoms with Gasteiger partial charge >= 0.3 is 0 Å². The Balaban J connectivity index is 1.97. The van der Waals surface area contributed by atoms with E-state index in [1.807, 2.05) is 6.08 Å². The van der Waals surface area contributed by atoms with Gasteiger partial charge in [0.2, 0.25) is 0 Å². The number of nitrogens with zero attached hydrogens (tertiary/aromatic N) is 1. The van der Waals surface area contributed by atoms with Crippen LogP contribution in [0, 0.1) is 0 Å². The van der Waals surface area contributed by atoms with Crippen molar-refractivity contribution in [1.29, 1.82) is 0 Å². The van der Waals surface area contributed by atoms with E-state index in [1.165, 1.54) is 38.5 Å². The summed E-state index contributed by atoms with van der Waals surface area (Å²) in [6.45, 7) is 4.04. The van der Waals surface area contributed by atoms with Crippen LogP contribution in [-0.4, -0.2) is 4.57 Å². The highest BCUT2D eigenvalue weighted by atomic mass is 14.9. The molecule has 1 heterocycles. The summed E-state index contributed by atoms with van der Waals surface area (Å²) >= 11 is 0. The minimum absolute atomic E-state index is 0.963. The van der Waals surface area contributed by atoms with E-state index in [9.17, 15) is 0 Å². The quantitative estimate of drug-likeness (QED) is 0.564. The number of aromatic nitrogens is 1. The first-order chi connectivity index (χ1) is 11.3. The van der Waals surface area contributed by atoms with Gasteiger partial charge in [-0.05, 0) is 35.3 Å². The van der Waals surface area contributed by atoms with Gasteiger partial charge in [-0.1, -0.05) is 67.3 Å². The molecule has 0 N–H and O–H groups in total. The molecule has 0 saturated heterocycles. The summed E-state index contributed by atoms with van der Waals surface area (Å²) in [4.78, 5) is 0. The van der Waals surface area contributed by atoms with Gasteiger partial charge in [0.15, 0.2) is 0 Å². The molecule has 1 nitrogen and oxygen atoms in total. The maximum absolute atomic E-state index is 4.04. The standard InChI is InChI=1S/C22H19N/c1-3-18(16-9-5-4-6-10-16)17-13-14-20-19-11-7-8-12-21(19)23(2)22(20)15-17/h3-9,11-15H,1,10H2,2H3/b18-16+. The summed E-state index contributed by atoms with van der Waals surface area (Å²) in [6, 6.07) is 15.3. The van der Waals surface area contributed by atoms with Gasteiger partial charge in [-0.2, -0.15) is 0 Å². The molecule has 112 valence electrons. The molecule has 1 aromatic heterocycles. The monoisotopic (exact) mass is 297 g/mol. The molecule has 1 heteroatoms. The molecular formula is C22H19N. The zero-order valence-corrected chi connectivity index (χ0v) is 13.3. The maximum atomic E-state index is 4.04. The molecule has 0 fully saturated rings. The number of allylic oxidation sites excluding steroid dienone is 7. The second-order valence-electron chi connectivity index (χ2n) is 5.94. The van der Waals surface area contributed by atoms with Crippen molar-refractivity contribution in [3.05, 3.63) is 90.6 Å². The van der Waals surface area contributed by atoms with Crippen LogP contribution in [0.5, 0.6) is 0 Å². The normalized spacial score (nSPS) is 16.2. The molecule has 0 radical (unpaired) electrons. The lowest BCUT2D eigenvalue weighted by atomic mass is 9.95. The minimum atomic E-state index is 0.963. The van der Waals surface area contributed by atoms with Crippen LogP contribution in [0.3, 0.4) is 0 Å². The lowest BCUT2D eigenvalue weighted by molar-refractivity contribution is 1.01. The summed E-state index contributed by atoms with van der Waals surface area (Å²) in [6.07, 6.45) is 11.5. The van der Waals surface area contributed by atoms with E-state index in [4.69, 9.17) is 0 Å². The van der Waals surface area contributed by atoms with Gasteiger partial charge in [0, 0.05) is 28.9 Å². The number of rotatable bonds is 2. The number of aryl methyl sites for hydroxylation is 1.